The Morgan fingerprint density at radius 3 is 2.67 bits per heavy atom. The Morgan fingerprint density at radius 1 is 1.43 bits per heavy atom. The number of thiocarbonyl (C=S) groups is 1. The van der Waals surface area contributed by atoms with Gasteiger partial charge in [0.05, 0.1) is 28.5 Å². The summed E-state index contributed by atoms with van der Waals surface area (Å²) in [4.78, 5) is 12.6. The van der Waals surface area contributed by atoms with Gasteiger partial charge in [-0.25, -0.2) is 0 Å². The van der Waals surface area contributed by atoms with E-state index in [1.807, 2.05) is 26.8 Å². The second-order valence-electron chi connectivity index (χ2n) is 4.81. The lowest BCUT2D eigenvalue weighted by Crippen LogP contribution is -2.31. The van der Waals surface area contributed by atoms with E-state index >= 15 is 0 Å². The molecule has 0 aliphatic heterocycles. The van der Waals surface area contributed by atoms with E-state index in [1.54, 1.807) is 15.3 Å². The Bertz CT molecular complexity index is 763. The van der Waals surface area contributed by atoms with Crippen molar-refractivity contribution in [1.82, 2.24) is 14.3 Å². The molecule has 2 heterocycles. The number of rotatable bonds is 4. The van der Waals surface area contributed by atoms with E-state index in [0.717, 1.165) is 17.1 Å². The Labute approximate surface area is 133 Å². The molecule has 0 spiro atoms. The van der Waals surface area contributed by atoms with E-state index < -0.39 is 0 Å². The first-order valence-corrected chi connectivity index (χ1v) is 7.37. The van der Waals surface area contributed by atoms with Crippen molar-refractivity contribution in [3.8, 4) is 0 Å². The predicted octanol–water partition coefficient (Wildman–Crippen LogP) is 2.02. The Kier molecular flexibility index (Phi) is 4.49. The number of aryl methyl sites for hydroxylation is 3. The second kappa shape index (κ2) is 5.99. The van der Waals surface area contributed by atoms with Crippen LogP contribution >= 0.6 is 23.8 Å². The number of hydrogen-bond donors (Lipinski definition) is 1. The van der Waals surface area contributed by atoms with Crippen LogP contribution < -0.4 is 11.3 Å². The van der Waals surface area contributed by atoms with Crippen LogP contribution in [-0.4, -0.2) is 19.3 Å². The molecule has 2 aromatic rings. The van der Waals surface area contributed by atoms with Crippen molar-refractivity contribution in [2.24, 2.45) is 5.73 Å². The first-order chi connectivity index (χ1) is 9.86. The molecule has 0 aliphatic carbocycles. The van der Waals surface area contributed by atoms with E-state index in [2.05, 4.69) is 5.10 Å². The van der Waals surface area contributed by atoms with Crippen LogP contribution in [-0.2, 0) is 13.1 Å². The summed E-state index contributed by atoms with van der Waals surface area (Å²) in [5, 5.41) is 4.95. The van der Waals surface area contributed by atoms with Gasteiger partial charge < -0.3 is 10.3 Å². The fourth-order valence-corrected chi connectivity index (χ4v) is 2.58. The van der Waals surface area contributed by atoms with Gasteiger partial charge >= 0.3 is 0 Å². The van der Waals surface area contributed by atoms with Gasteiger partial charge in [-0.05, 0) is 32.9 Å². The molecule has 5 nitrogen and oxygen atoms in total. The highest BCUT2D eigenvalue weighted by Gasteiger charge is 2.16. The maximum Gasteiger partial charge on any atom is 0.261 e. The van der Waals surface area contributed by atoms with Crippen LogP contribution in [0.4, 0.5) is 0 Å². The van der Waals surface area contributed by atoms with Crippen LogP contribution in [0, 0.1) is 13.8 Å². The summed E-state index contributed by atoms with van der Waals surface area (Å²) in [6, 6.07) is 3.48. The van der Waals surface area contributed by atoms with Gasteiger partial charge in [-0.2, -0.15) is 5.10 Å². The first kappa shape index (κ1) is 15.7. The van der Waals surface area contributed by atoms with E-state index in [1.165, 1.54) is 0 Å². The molecule has 0 radical (unpaired) electrons. The van der Waals surface area contributed by atoms with Gasteiger partial charge in [0.15, 0.2) is 0 Å². The van der Waals surface area contributed by atoms with Gasteiger partial charge in [-0.15, -0.1) is 0 Å². The molecule has 0 saturated carbocycles. The van der Waals surface area contributed by atoms with Crippen LogP contribution in [0.25, 0.3) is 0 Å². The highest BCUT2D eigenvalue weighted by Crippen LogP contribution is 2.21. The summed E-state index contributed by atoms with van der Waals surface area (Å²) in [6.07, 6.45) is 0. The van der Waals surface area contributed by atoms with Crippen LogP contribution in [0.1, 0.15) is 29.6 Å². The third-order valence-electron chi connectivity index (χ3n) is 3.42. The summed E-state index contributed by atoms with van der Waals surface area (Å²) < 4.78 is 3.42. The van der Waals surface area contributed by atoms with E-state index in [-0.39, 0.29) is 10.5 Å². The van der Waals surface area contributed by atoms with Crippen molar-refractivity contribution in [3.05, 3.63) is 50.2 Å². The van der Waals surface area contributed by atoms with Crippen molar-refractivity contribution in [1.29, 1.82) is 0 Å². The molecule has 21 heavy (non-hydrogen) atoms. The maximum atomic E-state index is 12.5. The fraction of sp³-hybridized carbons (Fsp3) is 0.357. The van der Waals surface area contributed by atoms with Crippen molar-refractivity contribution >= 4 is 28.8 Å². The van der Waals surface area contributed by atoms with E-state index in [0.29, 0.717) is 23.7 Å². The number of halogens is 1. The molecule has 112 valence electrons. The normalized spacial score (nSPS) is 10.9. The lowest BCUT2D eigenvalue weighted by molar-refractivity contribution is 0.586. The Morgan fingerprint density at radius 2 is 2.10 bits per heavy atom. The average Bonchev–Trinajstić information content (AvgIpc) is 2.70. The van der Waals surface area contributed by atoms with Gasteiger partial charge in [0.2, 0.25) is 0 Å². The average molecular weight is 325 g/mol. The van der Waals surface area contributed by atoms with Crippen LogP contribution in [0.2, 0.25) is 5.02 Å². The quantitative estimate of drug-likeness (QED) is 0.874. The molecule has 2 N–H and O–H groups in total. The highest BCUT2D eigenvalue weighted by molar-refractivity contribution is 7.80. The predicted molar refractivity (Wildman–Crippen MR) is 88.1 cm³/mol. The largest absolute Gasteiger partial charge is 0.389 e. The van der Waals surface area contributed by atoms with E-state index in [9.17, 15) is 4.79 Å². The zero-order valence-corrected chi connectivity index (χ0v) is 13.8. The van der Waals surface area contributed by atoms with Gasteiger partial charge in [0.25, 0.3) is 5.56 Å². The summed E-state index contributed by atoms with van der Waals surface area (Å²) in [5.74, 6) is 0. The zero-order chi connectivity index (χ0) is 15.7. The number of pyridine rings is 1. The molecule has 0 amide bonds. The van der Waals surface area contributed by atoms with Crippen LogP contribution in [0.3, 0.4) is 0 Å². The summed E-state index contributed by atoms with van der Waals surface area (Å²) in [6.45, 7) is 6.71. The lowest BCUT2D eigenvalue weighted by Gasteiger charge is -2.13. The molecule has 0 atom stereocenters. The molecule has 7 heteroatoms. The number of aromatic nitrogens is 3. The zero-order valence-electron chi connectivity index (χ0n) is 12.2. The molecule has 0 aliphatic rings. The first-order valence-electron chi connectivity index (χ1n) is 6.58. The van der Waals surface area contributed by atoms with Crippen molar-refractivity contribution < 1.29 is 0 Å². The molecule has 0 aromatic carbocycles. The standard InChI is InChI=1S/C14H17ClN4OS/c1-4-19-11(12(15)9(3)17-19)7-18-8(2)5-6-10(13(16)21)14(18)20/h5-6H,4,7H2,1-3H3,(H2,16,21). The second-order valence-corrected chi connectivity index (χ2v) is 5.62. The number of hydrogen-bond acceptors (Lipinski definition) is 3. The molecular formula is C14H17ClN4OS. The third-order valence-corrected chi connectivity index (χ3v) is 4.13. The minimum Gasteiger partial charge on any atom is -0.389 e. The summed E-state index contributed by atoms with van der Waals surface area (Å²) >= 11 is 11.2. The summed E-state index contributed by atoms with van der Waals surface area (Å²) in [7, 11) is 0. The molecular weight excluding hydrogens is 308 g/mol. The molecule has 2 rings (SSSR count). The van der Waals surface area contributed by atoms with Crippen LogP contribution in [0.5, 0.6) is 0 Å². The maximum absolute atomic E-state index is 12.5. The monoisotopic (exact) mass is 324 g/mol. The molecule has 2 aromatic heterocycles. The van der Waals surface area contributed by atoms with Crippen molar-refractivity contribution in [3.63, 3.8) is 0 Å². The lowest BCUT2D eigenvalue weighted by atomic mass is 10.2. The third kappa shape index (κ3) is 2.87. The highest BCUT2D eigenvalue weighted by atomic mass is 35.5. The van der Waals surface area contributed by atoms with Crippen molar-refractivity contribution in [2.45, 2.75) is 33.9 Å². The molecule has 0 saturated heterocycles. The Hall–Kier alpha value is -1.66. The van der Waals surface area contributed by atoms with Gasteiger partial charge in [0, 0.05) is 12.2 Å². The van der Waals surface area contributed by atoms with Gasteiger partial charge in [-0.3, -0.25) is 9.48 Å². The topological polar surface area (TPSA) is 65.8 Å². The minimum absolute atomic E-state index is 0.0972. The smallest absolute Gasteiger partial charge is 0.261 e. The van der Waals surface area contributed by atoms with Crippen LogP contribution in [0.15, 0.2) is 16.9 Å². The van der Waals surface area contributed by atoms with E-state index in [4.69, 9.17) is 29.6 Å². The Balaban J connectivity index is 2.57. The minimum atomic E-state index is -0.208. The van der Waals surface area contributed by atoms with Gasteiger partial charge in [-0.1, -0.05) is 23.8 Å². The summed E-state index contributed by atoms with van der Waals surface area (Å²) in [5.41, 5.74) is 8.10. The molecule has 0 unspecified atom stereocenters. The SMILES string of the molecule is CCn1nc(C)c(Cl)c1Cn1c(C)ccc(C(N)=S)c1=O. The van der Waals surface area contributed by atoms with Crippen molar-refractivity contribution in [2.75, 3.05) is 0 Å². The number of nitrogens with two attached hydrogens (primary N) is 1. The van der Waals surface area contributed by atoms with Gasteiger partial charge in [0.1, 0.15) is 4.99 Å². The fourth-order valence-electron chi connectivity index (χ4n) is 2.22. The number of nitrogens with zero attached hydrogens (tertiary/aromatic N) is 3. The molecule has 0 bridgehead atoms. The molecule has 0 fully saturated rings.